The van der Waals surface area contributed by atoms with Gasteiger partial charge in [0, 0.05) is 8.96 Å². The number of hydrogen-bond acceptors (Lipinski definition) is 3. The van der Waals surface area contributed by atoms with E-state index in [0.29, 0.717) is 10.9 Å². The summed E-state index contributed by atoms with van der Waals surface area (Å²) < 4.78 is 0.786. The van der Waals surface area contributed by atoms with Crippen molar-refractivity contribution in [1.82, 2.24) is 9.97 Å². The minimum Gasteiger partial charge on any atom is -0.478 e. The Morgan fingerprint density at radius 1 is 1.40 bits per heavy atom. The highest BCUT2D eigenvalue weighted by Crippen LogP contribution is 2.24. The minimum absolute atomic E-state index is 0.140. The van der Waals surface area contributed by atoms with Crippen LogP contribution < -0.4 is 0 Å². The van der Waals surface area contributed by atoms with E-state index in [1.54, 1.807) is 12.1 Å². The third-order valence-corrected chi connectivity index (χ3v) is 2.81. The van der Waals surface area contributed by atoms with Gasteiger partial charge < -0.3 is 5.11 Å². The summed E-state index contributed by atoms with van der Waals surface area (Å²) in [6.07, 6.45) is 1.25. The van der Waals surface area contributed by atoms with Crippen LogP contribution in [0.5, 0.6) is 0 Å². The Morgan fingerprint density at radius 2 is 2.13 bits per heavy atom. The average molecular weight is 335 g/mol. The van der Waals surface area contributed by atoms with Crippen LogP contribution in [0.25, 0.3) is 10.9 Å². The smallest absolute Gasteiger partial charge is 0.337 e. The van der Waals surface area contributed by atoms with E-state index in [4.69, 9.17) is 16.7 Å². The molecule has 1 heterocycles. The quantitative estimate of drug-likeness (QED) is 0.643. The molecule has 2 aromatic rings. The maximum absolute atomic E-state index is 11.0. The van der Waals surface area contributed by atoms with Crippen molar-refractivity contribution in [2.45, 2.75) is 0 Å². The fourth-order valence-electron chi connectivity index (χ4n) is 1.27. The summed E-state index contributed by atoms with van der Waals surface area (Å²) in [4.78, 5) is 18.7. The monoisotopic (exact) mass is 334 g/mol. The minimum atomic E-state index is -1.02. The predicted molar refractivity (Wildman–Crippen MR) is 64.2 cm³/mol. The molecule has 0 aliphatic carbocycles. The van der Waals surface area contributed by atoms with E-state index in [1.807, 2.05) is 22.6 Å². The van der Waals surface area contributed by atoms with Crippen molar-refractivity contribution in [3.63, 3.8) is 0 Å². The SMILES string of the molecule is O=C(O)c1cc(I)cc2c(Cl)ncnc12. The maximum atomic E-state index is 11.0. The lowest BCUT2D eigenvalue weighted by molar-refractivity contribution is 0.0699. The Bertz CT molecular complexity index is 559. The maximum Gasteiger partial charge on any atom is 0.337 e. The summed E-state index contributed by atoms with van der Waals surface area (Å²) in [5, 5.41) is 9.81. The lowest BCUT2D eigenvalue weighted by Crippen LogP contribution is -2.00. The van der Waals surface area contributed by atoms with Gasteiger partial charge in [0.15, 0.2) is 0 Å². The topological polar surface area (TPSA) is 63.1 Å². The van der Waals surface area contributed by atoms with Gasteiger partial charge in [0.05, 0.1) is 11.1 Å². The van der Waals surface area contributed by atoms with Crippen molar-refractivity contribution >= 4 is 51.1 Å². The number of fused-ring (bicyclic) bond motifs is 1. The van der Waals surface area contributed by atoms with Gasteiger partial charge in [-0.2, -0.15) is 0 Å². The molecule has 6 heteroatoms. The van der Waals surface area contributed by atoms with Gasteiger partial charge in [-0.1, -0.05) is 11.6 Å². The number of halogens is 2. The first-order valence-corrected chi connectivity index (χ1v) is 5.38. The van der Waals surface area contributed by atoms with Crippen molar-refractivity contribution in [2.24, 2.45) is 0 Å². The summed E-state index contributed by atoms with van der Waals surface area (Å²) in [6.45, 7) is 0. The first kappa shape index (κ1) is 10.6. The first-order chi connectivity index (χ1) is 7.09. The van der Waals surface area contributed by atoms with Gasteiger partial charge in [0.1, 0.15) is 11.5 Å². The Morgan fingerprint density at radius 3 is 2.80 bits per heavy atom. The van der Waals surface area contributed by atoms with Gasteiger partial charge in [-0.05, 0) is 34.7 Å². The molecule has 1 aromatic carbocycles. The molecule has 0 unspecified atom stereocenters. The third-order valence-electron chi connectivity index (χ3n) is 1.89. The number of carbonyl (C=O) groups is 1. The van der Waals surface area contributed by atoms with Gasteiger partial charge in [-0.25, -0.2) is 14.8 Å². The van der Waals surface area contributed by atoms with Crippen molar-refractivity contribution in [3.8, 4) is 0 Å². The van der Waals surface area contributed by atoms with Gasteiger partial charge in [-0.3, -0.25) is 0 Å². The van der Waals surface area contributed by atoms with E-state index in [2.05, 4.69) is 9.97 Å². The highest BCUT2D eigenvalue weighted by molar-refractivity contribution is 14.1. The molecule has 4 nitrogen and oxygen atoms in total. The van der Waals surface area contributed by atoms with Crippen molar-refractivity contribution in [2.75, 3.05) is 0 Å². The largest absolute Gasteiger partial charge is 0.478 e. The average Bonchev–Trinajstić information content (AvgIpc) is 2.18. The number of carboxylic acids is 1. The fourth-order valence-corrected chi connectivity index (χ4v) is 2.08. The first-order valence-electron chi connectivity index (χ1n) is 3.92. The van der Waals surface area contributed by atoms with E-state index >= 15 is 0 Å². The second-order valence-corrected chi connectivity index (χ2v) is 4.42. The molecule has 0 amide bonds. The number of aromatic carboxylic acids is 1. The second-order valence-electron chi connectivity index (χ2n) is 2.82. The van der Waals surface area contributed by atoms with Crippen LogP contribution in [0, 0.1) is 3.57 Å². The molecule has 0 radical (unpaired) electrons. The zero-order valence-electron chi connectivity index (χ0n) is 7.24. The van der Waals surface area contributed by atoms with Crippen LogP contribution in [0.1, 0.15) is 10.4 Å². The van der Waals surface area contributed by atoms with E-state index in [9.17, 15) is 4.79 Å². The number of carboxylic acid groups (broad SMARTS) is 1. The number of rotatable bonds is 1. The molecular formula is C9H4ClIN2O2. The summed E-state index contributed by atoms with van der Waals surface area (Å²) in [5.41, 5.74) is 0.504. The summed E-state index contributed by atoms with van der Waals surface area (Å²) in [6, 6.07) is 3.30. The Kier molecular flexibility index (Phi) is 2.74. The van der Waals surface area contributed by atoms with E-state index in [0.717, 1.165) is 3.57 Å². The van der Waals surface area contributed by atoms with Gasteiger partial charge in [-0.15, -0.1) is 0 Å². The van der Waals surface area contributed by atoms with Gasteiger partial charge in [0.2, 0.25) is 0 Å². The van der Waals surface area contributed by atoms with E-state index in [1.165, 1.54) is 6.33 Å². The lowest BCUT2D eigenvalue weighted by Gasteiger charge is -2.03. The van der Waals surface area contributed by atoms with Crippen LogP contribution in [0.4, 0.5) is 0 Å². The third kappa shape index (κ3) is 1.89. The molecule has 0 aliphatic rings. The van der Waals surface area contributed by atoms with E-state index < -0.39 is 5.97 Å². The fraction of sp³-hybridized carbons (Fsp3) is 0. The molecule has 0 spiro atoms. The second kappa shape index (κ2) is 3.90. The molecule has 0 atom stereocenters. The molecule has 1 aromatic heterocycles. The molecule has 0 bridgehead atoms. The molecule has 2 rings (SSSR count). The van der Waals surface area contributed by atoms with Crippen LogP contribution in [0.2, 0.25) is 5.15 Å². The standard InChI is InChI=1S/C9H4ClIN2O2/c10-8-5-1-4(11)2-6(9(14)15)7(5)12-3-13-8/h1-3H,(H,14,15). The van der Waals surface area contributed by atoms with E-state index in [-0.39, 0.29) is 10.7 Å². The Labute approximate surface area is 103 Å². The van der Waals surface area contributed by atoms with Gasteiger partial charge in [0.25, 0.3) is 0 Å². The number of hydrogen-bond donors (Lipinski definition) is 1. The van der Waals surface area contributed by atoms with Crippen LogP contribution in [0.15, 0.2) is 18.5 Å². The molecule has 15 heavy (non-hydrogen) atoms. The predicted octanol–water partition coefficient (Wildman–Crippen LogP) is 2.59. The Hall–Kier alpha value is -0.950. The molecule has 0 saturated heterocycles. The molecular weight excluding hydrogens is 330 g/mol. The molecule has 0 fully saturated rings. The molecule has 1 N–H and O–H groups in total. The van der Waals surface area contributed by atoms with Gasteiger partial charge >= 0.3 is 5.97 Å². The number of nitrogens with zero attached hydrogens (tertiary/aromatic N) is 2. The summed E-state index contributed by atoms with van der Waals surface area (Å²) >= 11 is 7.88. The van der Waals surface area contributed by atoms with Crippen LogP contribution in [-0.2, 0) is 0 Å². The van der Waals surface area contributed by atoms with Crippen LogP contribution in [-0.4, -0.2) is 21.0 Å². The highest BCUT2D eigenvalue weighted by Gasteiger charge is 2.13. The van der Waals surface area contributed by atoms with Crippen LogP contribution >= 0.6 is 34.2 Å². The van der Waals surface area contributed by atoms with Crippen LogP contribution in [0.3, 0.4) is 0 Å². The number of benzene rings is 1. The molecule has 76 valence electrons. The normalized spacial score (nSPS) is 10.5. The zero-order chi connectivity index (χ0) is 11.0. The van der Waals surface area contributed by atoms with Crippen molar-refractivity contribution in [3.05, 3.63) is 32.7 Å². The summed E-state index contributed by atoms with van der Waals surface area (Å²) in [5.74, 6) is -1.02. The van der Waals surface area contributed by atoms with Crippen molar-refractivity contribution < 1.29 is 9.90 Å². The Balaban J connectivity index is 2.92. The number of aromatic nitrogens is 2. The zero-order valence-corrected chi connectivity index (χ0v) is 10.2. The summed E-state index contributed by atoms with van der Waals surface area (Å²) in [7, 11) is 0. The lowest BCUT2D eigenvalue weighted by atomic mass is 10.1. The highest BCUT2D eigenvalue weighted by atomic mass is 127. The molecule has 0 saturated carbocycles. The van der Waals surface area contributed by atoms with Crippen molar-refractivity contribution in [1.29, 1.82) is 0 Å². The molecule has 0 aliphatic heterocycles.